The molecule has 0 saturated carbocycles. The third-order valence-electron chi connectivity index (χ3n) is 2.37. The van der Waals surface area contributed by atoms with Gasteiger partial charge in [-0.1, -0.05) is 17.2 Å². The molecule has 0 aliphatic carbocycles. The summed E-state index contributed by atoms with van der Waals surface area (Å²) < 4.78 is 11.0. The Balaban J connectivity index is 2.30. The minimum Gasteiger partial charge on any atom is -0.346 e. The van der Waals surface area contributed by atoms with Crippen molar-refractivity contribution in [3.8, 4) is 0 Å². The highest BCUT2D eigenvalue weighted by molar-refractivity contribution is 5.04. The lowest BCUT2D eigenvalue weighted by Crippen LogP contribution is -2.06. The molecule has 1 aliphatic heterocycles. The molecule has 0 N–H and O–H groups in total. The monoisotopic (exact) mass is 210 g/mol. The van der Waals surface area contributed by atoms with E-state index < -0.39 is 0 Å². The number of hydrogen-bond acceptors (Lipinski definition) is 2. The second-order valence-electron chi connectivity index (χ2n) is 4.48. The van der Waals surface area contributed by atoms with E-state index in [1.165, 1.54) is 11.1 Å². The molecule has 1 rings (SSSR count). The molecule has 15 heavy (non-hydrogen) atoms. The highest BCUT2D eigenvalue weighted by atomic mass is 16.7. The van der Waals surface area contributed by atoms with Gasteiger partial charge in [0, 0.05) is 0 Å². The van der Waals surface area contributed by atoms with Crippen LogP contribution in [-0.2, 0) is 9.47 Å². The van der Waals surface area contributed by atoms with E-state index in [-0.39, 0.29) is 12.4 Å². The SMILES string of the molecule is CC(C)=CCC/C(C)=C/[C@@H]1OC[C@H](C)O1. The van der Waals surface area contributed by atoms with Crippen molar-refractivity contribution in [3.63, 3.8) is 0 Å². The summed E-state index contributed by atoms with van der Waals surface area (Å²) >= 11 is 0. The third-order valence-corrected chi connectivity index (χ3v) is 2.37. The largest absolute Gasteiger partial charge is 0.346 e. The van der Waals surface area contributed by atoms with E-state index in [0.29, 0.717) is 6.61 Å². The summed E-state index contributed by atoms with van der Waals surface area (Å²) in [5, 5.41) is 0. The summed E-state index contributed by atoms with van der Waals surface area (Å²) in [6.07, 6.45) is 6.65. The van der Waals surface area contributed by atoms with Gasteiger partial charge in [-0.25, -0.2) is 0 Å². The summed E-state index contributed by atoms with van der Waals surface area (Å²) in [6.45, 7) is 9.14. The molecule has 0 aromatic heterocycles. The average molecular weight is 210 g/mol. The van der Waals surface area contributed by atoms with Gasteiger partial charge >= 0.3 is 0 Å². The lowest BCUT2D eigenvalue weighted by Gasteiger charge is -2.06. The van der Waals surface area contributed by atoms with Gasteiger partial charge in [-0.3, -0.25) is 0 Å². The number of hydrogen-bond donors (Lipinski definition) is 0. The van der Waals surface area contributed by atoms with Crippen molar-refractivity contribution in [2.75, 3.05) is 6.61 Å². The molecule has 86 valence electrons. The number of ether oxygens (including phenoxy) is 2. The second kappa shape index (κ2) is 6.09. The molecular weight excluding hydrogens is 188 g/mol. The average Bonchev–Trinajstić information content (AvgIpc) is 2.50. The predicted octanol–water partition coefficient (Wildman–Crippen LogP) is 3.44. The fourth-order valence-corrected chi connectivity index (χ4v) is 1.53. The van der Waals surface area contributed by atoms with Gasteiger partial charge in [-0.2, -0.15) is 0 Å². The quantitative estimate of drug-likeness (QED) is 0.662. The maximum atomic E-state index is 5.55. The highest BCUT2D eigenvalue weighted by Crippen LogP contribution is 2.15. The maximum absolute atomic E-state index is 5.55. The molecule has 1 fully saturated rings. The van der Waals surface area contributed by atoms with Crippen LogP contribution in [-0.4, -0.2) is 19.0 Å². The first-order valence-electron chi connectivity index (χ1n) is 5.65. The van der Waals surface area contributed by atoms with Crippen LogP contribution in [0.4, 0.5) is 0 Å². The normalized spacial score (nSPS) is 26.8. The van der Waals surface area contributed by atoms with Crippen LogP contribution in [0.3, 0.4) is 0 Å². The van der Waals surface area contributed by atoms with Crippen molar-refractivity contribution < 1.29 is 9.47 Å². The van der Waals surface area contributed by atoms with Gasteiger partial charge in [0.25, 0.3) is 0 Å². The Labute approximate surface area is 93.0 Å². The van der Waals surface area contributed by atoms with Crippen LogP contribution in [0.2, 0.25) is 0 Å². The Morgan fingerprint density at radius 3 is 2.60 bits per heavy atom. The maximum Gasteiger partial charge on any atom is 0.177 e. The molecule has 0 radical (unpaired) electrons. The summed E-state index contributed by atoms with van der Waals surface area (Å²) in [7, 11) is 0. The molecule has 2 nitrogen and oxygen atoms in total. The van der Waals surface area contributed by atoms with Gasteiger partial charge in [-0.15, -0.1) is 0 Å². The molecule has 0 amide bonds. The predicted molar refractivity (Wildman–Crippen MR) is 62.7 cm³/mol. The van der Waals surface area contributed by atoms with Crippen LogP contribution in [0.1, 0.15) is 40.5 Å². The zero-order valence-electron chi connectivity index (χ0n) is 10.2. The van der Waals surface area contributed by atoms with Crippen LogP contribution in [0.5, 0.6) is 0 Å². The summed E-state index contributed by atoms with van der Waals surface area (Å²) in [6, 6.07) is 0. The Morgan fingerprint density at radius 1 is 1.33 bits per heavy atom. The minimum atomic E-state index is -0.119. The molecule has 2 atom stereocenters. The van der Waals surface area contributed by atoms with E-state index >= 15 is 0 Å². The molecule has 1 saturated heterocycles. The van der Waals surface area contributed by atoms with Crippen LogP contribution < -0.4 is 0 Å². The summed E-state index contributed by atoms with van der Waals surface area (Å²) in [5.74, 6) is 0. The fraction of sp³-hybridized carbons (Fsp3) is 0.692. The molecular formula is C13H22O2. The molecule has 0 bridgehead atoms. The van der Waals surface area contributed by atoms with Crippen molar-refractivity contribution in [1.82, 2.24) is 0 Å². The minimum absolute atomic E-state index is 0.119. The topological polar surface area (TPSA) is 18.5 Å². The summed E-state index contributed by atoms with van der Waals surface area (Å²) in [4.78, 5) is 0. The van der Waals surface area contributed by atoms with Crippen molar-refractivity contribution in [1.29, 1.82) is 0 Å². The smallest absolute Gasteiger partial charge is 0.177 e. The lowest BCUT2D eigenvalue weighted by molar-refractivity contribution is -0.0167. The van der Waals surface area contributed by atoms with Crippen LogP contribution >= 0.6 is 0 Å². The van der Waals surface area contributed by atoms with Crippen molar-refractivity contribution in [2.24, 2.45) is 0 Å². The van der Waals surface area contributed by atoms with Gasteiger partial charge in [0.1, 0.15) is 0 Å². The van der Waals surface area contributed by atoms with Crippen LogP contribution in [0, 0.1) is 0 Å². The molecule has 0 spiro atoms. The molecule has 1 heterocycles. The van der Waals surface area contributed by atoms with E-state index in [1.54, 1.807) is 0 Å². The van der Waals surface area contributed by atoms with Crippen molar-refractivity contribution in [3.05, 3.63) is 23.3 Å². The fourth-order valence-electron chi connectivity index (χ4n) is 1.53. The Kier molecular flexibility index (Phi) is 5.06. The first-order valence-corrected chi connectivity index (χ1v) is 5.65. The zero-order valence-corrected chi connectivity index (χ0v) is 10.2. The van der Waals surface area contributed by atoms with Crippen LogP contribution in [0.25, 0.3) is 0 Å². The number of rotatable bonds is 4. The van der Waals surface area contributed by atoms with E-state index in [1.807, 2.05) is 6.92 Å². The van der Waals surface area contributed by atoms with E-state index in [4.69, 9.17) is 9.47 Å². The van der Waals surface area contributed by atoms with Crippen LogP contribution in [0.15, 0.2) is 23.3 Å². The Hall–Kier alpha value is -0.600. The Morgan fingerprint density at radius 2 is 2.07 bits per heavy atom. The molecule has 0 aromatic rings. The molecule has 2 heteroatoms. The Bertz CT molecular complexity index is 249. The van der Waals surface area contributed by atoms with Gasteiger partial charge < -0.3 is 9.47 Å². The number of allylic oxidation sites excluding steroid dienone is 3. The zero-order chi connectivity index (χ0) is 11.3. The van der Waals surface area contributed by atoms with E-state index in [2.05, 4.69) is 32.9 Å². The first kappa shape index (κ1) is 12.5. The molecule has 0 unspecified atom stereocenters. The highest BCUT2D eigenvalue weighted by Gasteiger charge is 2.19. The molecule has 1 aliphatic rings. The first-order chi connectivity index (χ1) is 7.08. The van der Waals surface area contributed by atoms with Crippen molar-refractivity contribution in [2.45, 2.75) is 52.9 Å². The second-order valence-corrected chi connectivity index (χ2v) is 4.48. The van der Waals surface area contributed by atoms with E-state index in [0.717, 1.165) is 12.8 Å². The third kappa shape index (κ3) is 5.14. The van der Waals surface area contributed by atoms with Gasteiger partial charge in [0.05, 0.1) is 12.7 Å². The van der Waals surface area contributed by atoms with Gasteiger partial charge in [-0.05, 0) is 46.6 Å². The summed E-state index contributed by atoms with van der Waals surface area (Å²) in [5.41, 5.74) is 2.72. The standard InChI is InChI=1S/C13H22O2/c1-10(2)6-5-7-11(3)8-13-14-9-12(4)15-13/h6,8,12-13H,5,7,9H2,1-4H3/b11-8+/t12-,13+/m0/s1. The van der Waals surface area contributed by atoms with E-state index in [9.17, 15) is 0 Å². The van der Waals surface area contributed by atoms with Gasteiger partial charge in [0.15, 0.2) is 6.29 Å². The van der Waals surface area contributed by atoms with Crippen molar-refractivity contribution >= 4 is 0 Å². The lowest BCUT2D eigenvalue weighted by atomic mass is 10.1. The molecule has 0 aromatic carbocycles. The van der Waals surface area contributed by atoms with Gasteiger partial charge in [0.2, 0.25) is 0 Å².